The highest BCUT2D eigenvalue weighted by Crippen LogP contribution is 2.14. The standard InChI is InChI=1S/C14H28N2O2/c1-11(2)10-18-8-4-6-16-14(17)13-9-12(3)5-7-15-13/h11-13,15H,4-10H2,1-3H3,(H,16,17). The van der Waals surface area contributed by atoms with Crippen molar-refractivity contribution >= 4 is 5.91 Å². The monoisotopic (exact) mass is 256 g/mol. The van der Waals surface area contributed by atoms with Gasteiger partial charge >= 0.3 is 0 Å². The Morgan fingerprint density at radius 2 is 2.28 bits per heavy atom. The lowest BCUT2D eigenvalue weighted by Gasteiger charge is -2.27. The average Bonchev–Trinajstić information content (AvgIpc) is 2.33. The fraction of sp³-hybridized carbons (Fsp3) is 0.929. The maximum atomic E-state index is 11.9. The summed E-state index contributed by atoms with van der Waals surface area (Å²) in [4.78, 5) is 11.9. The SMILES string of the molecule is CC(C)COCCCNC(=O)C1CC(C)CCN1. The van der Waals surface area contributed by atoms with Crippen molar-refractivity contribution in [2.45, 2.75) is 46.1 Å². The van der Waals surface area contributed by atoms with Crippen molar-refractivity contribution in [2.24, 2.45) is 11.8 Å². The lowest BCUT2D eigenvalue weighted by atomic mass is 9.94. The molecule has 0 aliphatic carbocycles. The fourth-order valence-electron chi connectivity index (χ4n) is 2.14. The second kappa shape index (κ2) is 8.48. The Morgan fingerprint density at radius 3 is 2.94 bits per heavy atom. The Kier molecular flexibility index (Phi) is 7.28. The molecule has 0 spiro atoms. The highest BCUT2D eigenvalue weighted by molar-refractivity contribution is 5.81. The average molecular weight is 256 g/mol. The van der Waals surface area contributed by atoms with Gasteiger partial charge in [-0.3, -0.25) is 4.79 Å². The maximum absolute atomic E-state index is 11.9. The lowest BCUT2D eigenvalue weighted by molar-refractivity contribution is -0.124. The topological polar surface area (TPSA) is 50.4 Å². The smallest absolute Gasteiger partial charge is 0.237 e. The predicted octanol–water partition coefficient (Wildman–Crippen LogP) is 1.55. The Bertz CT molecular complexity index is 244. The van der Waals surface area contributed by atoms with Crippen LogP contribution in [0.15, 0.2) is 0 Å². The molecular weight excluding hydrogens is 228 g/mol. The van der Waals surface area contributed by atoms with Gasteiger partial charge in [0.2, 0.25) is 5.91 Å². The first-order valence-electron chi connectivity index (χ1n) is 7.18. The third kappa shape index (κ3) is 6.36. The highest BCUT2D eigenvalue weighted by atomic mass is 16.5. The number of ether oxygens (including phenoxy) is 1. The molecule has 1 heterocycles. The van der Waals surface area contributed by atoms with Crippen LogP contribution in [0.5, 0.6) is 0 Å². The minimum atomic E-state index is 0.00494. The van der Waals surface area contributed by atoms with E-state index in [1.54, 1.807) is 0 Å². The second-order valence-electron chi connectivity index (χ2n) is 5.75. The Morgan fingerprint density at radius 1 is 1.50 bits per heavy atom. The van der Waals surface area contributed by atoms with Crippen LogP contribution in [0.4, 0.5) is 0 Å². The van der Waals surface area contributed by atoms with Gasteiger partial charge in [-0.05, 0) is 37.6 Å². The van der Waals surface area contributed by atoms with E-state index in [1.165, 1.54) is 6.42 Å². The number of piperidine rings is 1. The van der Waals surface area contributed by atoms with Gasteiger partial charge in [0.15, 0.2) is 0 Å². The molecule has 0 radical (unpaired) electrons. The summed E-state index contributed by atoms with van der Waals surface area (Å²) in [6.07, 6.45) is 3.02. The summed E-state index contributed by atoms with van der Waals surface area (Å²) in [7, 11) is 0. The number of hydrogen-bond donors (Lipinski definition) is 2. The number of hydrogen-bond acceptors (Lipinski definition) is 3. The van der Waals surface area contributed by atoms with E-state index in [9.17, 15) is 4.79 Å². The summed E-state index contributed by atoms with van der Waals surface area (Å²) in [5, 5.41) is 6.25. The van der Waals surface area contributed by atoms with Gasteiger partial charge < -0.3 is 15.4 Å². The van der Waals surface area contributed by atoms with Crippen LogP contribution in [0.1, 0.15) is 40.0 Å². The summed E-state index contributed by atoms with van der Waals surface area (Å²) in [6.45, 7) is 9.68. The molecule has 0 aromatic rings. The first kappa shape index (κ1) is 15.4. The molecule has 0 saturated carbocycles. The van der Waals surface area contributed by atoms with Crippen molar-refractivity contribution < 1.29 is 9.53 Å². The maximum Gasteiger partial charge on any atom is 0.237 e. The molecule has 1 amide bonds. The molecular formula is C14H28N2O2. The minimum Gasteiger partial charge on any atom is -0.381 e. The van der Waals surface area contributed by atoms with Crippen molar-refractivity contribution in [3.8, 4) is 0 Å². The fourth-order valence-corrected chi connectivity index (χ4v) is 2.14. The van der Waals surface area contributed by atoms with Crippen LogP contribution in [0, 0.1) is 11.8 Å². The molecule has 1 aliphatic rings. The van der Waals surface area contributed by atoms with Crippen molar-refractivity contribution in [2.75, 3.05) is 26.3 Å². The van der Waals surface area contributed by atoms with Crippen LogP contribution < -0.4 is 10.6 Å². The number of amides is 1. The van der Waals surface area contributed by atoms with Gasteiger partial charge in [-0.1, -0.05) is 20.8 Å². The molecule has 2 N–H and O–H groups in total. The predicted molar refractivity (Wildman–Crippen MR) is 73.5 cm³/mol. The van der Waals surface area contributed by atoms with E-state index in [4.69, 9.17) is 4.74 Å². The summed E-state index contributed by atoms with van der Waals surface area (Å²) in [5.41, 5.74) is 0. The summed E-state index contributed by atoms with van der Waals surface area (Å²) in [6, 6.07) is 0.00494. The van der Waals surface area contributed by atoms with E-state index in [0.29, 0.717) is 18.4 Å². The van der Waals surface area contributed by atoms with Crippen LogP contribution >= 0.6 is 0 Å². The van der Waals surface area contributed by atoms with Crippen molar-refractivity contribution in [1.29, 1.82) is 0 Å². The van der Waals surface area contributed by atoms with Crippen LogP contribution in [0.3, 0.4) is 0 Å². The van der Waals surface area contributed by atoms with Crippen molar-refractivity contribution in [3.63, 3.8) is 0 Å². The molecule has 2 atom stereocenters. The first-order valence-corrected chi connectivity index (χ1v) is 7.18. The Balaban J connectivity index is 2.02. The van der Waals surface area contributed by atoms with Gasteiger partial charge in [0.25, 0.3) is 0 Å². The number of rotatable bonds is 7. The number of carbonyl (C=O) groups is 1. The van der Waals surface area contributed by atoms with Crippen molar-refractivity contribution in [3.05, 3.63) is 0 Å². The largest absolute Gasteiger partial charge is 0.381 e. The van der Waals surface area contributed by atoms with E-state index >= 15 is 0 Å². The van der Waals surface area contributed by atoms with Crippen LogP contribution in [-0.4, -0.2) is 38.3 Å². The molecule has 1 aliphatic heterocycles. The highest BCUT2D eigenvalue weighted by Gasteiger charge is 2.23. The van der Waals surface area contributed by atoms with Gasteiger partial charge in [0.05, 0.1) is 6.04 Å². The number of nitrogens with one attached hydrogen (secondary N) is 2. The first-order chi connectivity index (χ1) is 8.59. The van der Waals surface area contributed by atoms with Crippen LogP contribution in [0.25, 0.3) is 0 Å². The molecule has 18 heavy (non-hydrogen) atoms. The molecule has 1 rings (SSSR count). The van der Waals surface area contributed by atoms with E-state index < -0.39 is 0 Å². The molecule has 0 bridgehead atoms. The molecule has 0 aromatic carbocycles. The zero-order valence-corrected chi connectivity index (χ0v) is 12.0. The zero-order chi connectivity index (χ0) is 13.4. The molecule has 1 saturated heterocycles. The molecule has 0 aromatic heterocycles. The zero-order valence-electron chi connectivity index (χ0n) is 12.0. The second-order valence-corrected chi connectivity index (χ2v) is 5.75. The van der Waals surface area contributed by atoms with Gasteiger partial charge in [-0.15, -0.1) is 0 Å². The summed E-state index contributed by atoms with van der Waals surface area (Å²) < 4.78 is 5.47. The van der Waals surface area contributed by atoms with E-state index in [1.807, 2.05) is 0 Å². The molecule has 1 fully saturated rings. The third-order valence-electron chi connectivity index (χ3n) is 3.20. The van der Waals surface area contributed by atoms with Crippen molar-refractivity contribution in [1.82, 2.24) is 10.6 Å². The van der Waals surface area contributed by atoms with Crippen LogP contribution in [0.2, 0.25) is 0 Å². The van der Waals surface area contributed by atoms with E-state index in [0.717, 1.165) is 32.6 Å². The molecule has 2 unspecified atom stereocenters. The third-order valence-corrected chi connectivity index (χ3v) is 3.20. The van der Waals surface area contributed by atoms with Gasteiger partial charge in [0.1, 0.15) is 0 Å². The number of carbonyl (C=O) groups excluding carboxylic acids is 1. The van der Waals surface area contributed by atoms with Gasteiger partial charge in [0, 0.05) is 19.8 Å². The van der Waals surface area contributed by atoms with Gasteiger partial charge in [-0.2, -0.15) is 0 Å². The summed E-state index contributed by atoms with van der Waals surface area (Å²) >= 11 is 0. The summed E-state index contributed by atoms with van der Waals surface area (Å²) in [5.74, 6) is 1.37. The molecule has 4 heteroatoms. The quantitative estimate of drug-likeness (QED) is 0.680. The van der Waals surface area contributed by atoms with Gasteiger partial charge in [-0.25, -0.2) is 0 Å². The Hall–Kier alpha value is -0.610. The molecule has 106 valence electrons. The van der Waals surface area contributed by atoms with E-state index in [-0.39, 0.29) is 11.9 Å². The Labute approximate surface area is 111 Å². The van der Waals surface area contributed by atoms with Crippen LogP contribution in [-0.2, 0) is 9.53 Å². The lowest BCUT2D eigenvalue weighted by Crippen LogP contribution is -2.48. The minimum absolute atomic E-state index is 0.00494. The van der Waals surface area contributed by atoms with E-state index in [2.05, 4.69) is 31.4 Å². The molecule has 4 nitrogen and oxygen atoms in total. The normalized spacial score (nSPS) is 24.2.